The zero-order valence-corrected chi connectivity index (χ0v) is 22.4. The Kier molecular flexibility index (Phi) is 9.49. The molecule has 1 saturated heterocycles. The lowest BCUT2D eigenvalue weighted by Gasteiger charge is -2.25. The van der Waals surface area contributed by atoms with Crippen LogP contribution in [0.1, 0.15) is 64.5 Å². The van der Waals surface area contributed by atoms with Gasteiger partial charge in [0.15, 0.2) is 12.1 Å². The van der Waals surface area contributed by atoms with E-state index in [9.17, 15) is 31.1 Å². The summed E-state index contributed by atoms with van der Waals surface area (Å²) in [5.41, 5.74) is -3.20. The third-order valence-corrected chi connectivity index (χ3v) is 7.25. The Labute approximate surface area is 236 Å². The van der Waals surface area contributed by atoms with E-state index in [0.717, 1.165) is 24.8 Å². The van der Waals surface area contributed by atoms with Gasteiger partial charge in [0, 0.05) is 37.0 Å². The fraction of sp³-hybridized carbons (Fsp3) is 0.407. The minimum atomic E-state index is -5.09. The second-order valence-electron chi connectivity index (χ2n) is 9.35. The number of rotatable bonds is 9. The molecule has 0 amide bonds. The molecule has 2 atom stereocenters. The van der Waals surface area contributed by atoms with Crippen molar-refractivity contribution in [3.05, 3.63) is 86.9 Å². The molecule has 40 heavy (non-hydrogen) atoms. The maximum atomic E-state index is 13.4. The van der Waals surface area contributed by atoms with E-state index in [-0.39, 0.29) is 37.3 Å². The van der Waals surface area contributed by atoms with Crippen LogP contribution in [-0.4, -0.2) is 34.8 Å². The number of alkyl halides is 6. The third kappa shape index (κ3) is 7.57. The minimum Gasteiger partial charge on any atom is -0.353 e. The smallest absolute Gasteiger partial charge is 0.353 e. The topological polar surface area (TPSA) is 53.4 Å². The summed E-state index contributed by atoms with van der Waals surface area (Å²) in [6.07, 6.45) is -4.70. The Morgan fingerprint density at radius 3 is 2.33 bits per heavy atom. The summed E-state index contributed by atoms with van der Waals surface area (Å²) < 4.78 is 93.0. The molecule has 1 aromatic heterocycles. The summed E-state index contributed by atoms with van der Waals surface area (Å²) in [7, 11) is 0. The number of ketones is 1. The van der Waals surface area contributed by atoms with Crippen molar-refractivity contribution in [2.45, 2.75) is 56.8 Å². The predicted molar refractivity (Wildman–Crippen MR) is 135 cm³/mol. The Balaban J connectivity index is 1.62. The molecule has 2 unspecified atom stereocenters. The number of halogens is 8. The van der Waals surface area contributed by atoms with E-state index in [4.69, 9.17) is 32.7 Å². The van der Waals surface area contributed by atoms with Crippen molar-refractivity contribution in [2.75, 3.05) is 13.2 Å². The molecule has 4 rings (SSSR count). The molecule has 1 aliphatic rings. The molecule has 0 bridgehead atoms. The van der Waals surface area contributed by atoms with Crippen LogP contribution in [0.25, 0.3) is 0 Å². The van der Waals surface area contributed by atoms with Gasteiger partial charge in [0.2, 0.25) is 5.78 Å². The quantitative estimate of drug-likeness (QED) is 0.182. The molecule has 5 nitrogen and oxygen atoms in total. The maximum Gasteiger partial charge on any atom is 0.416 e. The molecule has 0 aliphatic carbocycles. The summed E-state index contributed by atoms with van der Waals surface area (Å²) >= 11 is 12.3. The fourth-order valence-electron chi connectivity index (χ4n) is 4.43. The first kappa shape index (κ1) is 30.4. The molecule has 0 radical (unpaired) electrons. The van der Waals surface area contributed by atoms with Gasteiger partial charge < -0.3 is 14.0 Å². The van der Waals surface area contributed by atoms with E-state index in [2.05, 4.69) is 4.98 Å². The van der Waals surface area contributed by atoms with Gasteiger partial charge in [-0.1, -0.05) is 29.3 Å². The van der Waals surface area contributed by atoms with Crippen molar-refractivity contribution in [2.24, 2.45) is 0 Å². The normalized spacial score (nSPS) is 17.1. The summed E-state index contributed by atoms with van der Waals surface area (Å²) in [6, 6.07) is 5.78. The second kappa shape index (κ2) is 12.5. The maximum absolute atomic E-state index is 13.4. The number of hydrogen-bond acceptors (Lipinski definition) is 4. The molecule has 13 heteroatoms. The van der Waals surface area contributed by atoms with E-state index in [1.807, 2.05) is 0 Å². The van der Waals surface area contributed by atoms with Crippen molar-refractivity contribution < 1.29 is 40.6 Å². The van der Waals surface area contributed by atoms with Crippen LogP contribution in [0.2, 0.25) is 10.0 Å². The number of imidazole rings is 1. The molecular formula is C27H24Cl2F6N2O3. The molecule has 0 N–H and O–H groups in total. The molecule has 3 aromatic rings. The lowest BCUT2D eigenvalue weighted by molar-refractivity contribution is -0.163. The van der Waals surface area contributed by atoms with Crippen LogP contribution in [-0.2, 0) is 28.4 Å². The summed E-state index contributed by atoms with van der Waals surface area (Å²) in [6.45, 7) is 1.00. The van der Waals surface area contributed by atoms with Crippen LogP contribution in [0, 0.1) is 0 Å². The molecule has 2 aromatic carbocycles. The Bertz CT molecular complexity index is 1300. The standard InChI is InChI=1S/C27H24Cl2F6N2O3/c28-21-5-4-16(13-22(21)29)17(6-10-40-23-3-1-2-9-39-23)15-37-8-7-36-25(37)24(38)18-11-19(26(30,31)32)14-20(12-18)27(33,34)35/h4-5,7-8,11-14,17,23H,1-3,6,9-10,15H2. The van der Waals surface area contributed by atoms with E-state index in [1.165, 1.54) is 17.0 Å². The molecule has 0 saturated carbocycles. The number of hydrogen-bond donors (Lipinski definition) is 0. The number of carbonyl (C=O) groups is 1. The van der Waals surface area contributed by atoms with Crippen LogP contribution in [0.3, 0.4) is 0 Å². The van der Waals surface area contributed by atoms with Gasteiger partial charge in [-0.2, -0.15) is 26.3 Å². The number of aromatic nitrogens is 2. The summed E-state index contributed by atoms with van der Waals surface area (Å²) in [4.78, 5) is 17.2. The Morgan fingerprint density at radius 1 is 1.02 bits per heavy atom. The van der Waals surface area contributed by atoms with Crippen LogP contribution in [0.5, 0.6) is 0 Å². The fourth-order valence-corrected chi connectivity index (χ4v) is 4.74. The summed E-state index contributed by atoms with van der Waals surface area (Å²) in [5, 5.41) is 0.630. The number of nitrogens with zero attached hydrogens (tertiary/aromatic N) is 2. The van der Waals surface area contributed by atoms with Gasteiger partial charge in [-0.05, 0) is 61.6 Å². The van der Waals surface area contributed by atoms with Crippen molar-refractivity contribution in [1.82, 2.24) is 9.55 Å². The highest BCUT2D eigenvalue weighted by atomic mass is 35.5. The highest BCUT2D eigenvalue weighted by Crippen LogP contribution is 2.37. The van der Waals surface area contributed by atoms with Crippen LogP contribution in [0.15, 0.2) is 48.8 Å². The van der Waals surface area contributed by atoms with Crippen molar-refractivity contribution in [3.8, 4) is 0 Å². The zero-order valence-electron chi connectivity index (χ0n) is 20.9. The van der Waals surface area contributed by atoms with Gasteiger partial charge in [0.05, 0.1) is 27.8 Å². The number of carbonyl (C=O) groups excluding carboxylic acids is 1. The van der Waals surface area contributed by atoms with Crippen molar-refractivity contribution in [3.63, 3.8) is 0 Å². The summed E-state index contributed by atoms with van der Waals surface area (Å²) in [5.74, 6) is -1.72. The molecule has 0 spiro atoms. The van der Waals surface area contributed by atoms with Gasteiger partial charge in [0.25, 0.3) is 0 Å². The first-order chi connectivity index (χ1) is 18.8. The largest absolute Gasteiger partial charge is 0.416 e. The average molecular weight is 609 g/mol. The monoisotopic (exact) mass is 608 g/mol. The Hall–Kier alpha value is -2.60. The third-order valence-electron chi connectivity index (χ3n) is 6.51. The van der Waals surface area contributed by atoms with Crippen molar-refractivity contribution in [1.29, 1.82) is 0 Å². The predicted octanol–water partition coefficient (Wildman–Crippen LogP) is 8.18. The molecule has 1 aliphatic heterocycles. The molecule has 216 valence electrons. The van der Waals surface area contributed by atoms with Crippen LogP contribution < -0.4 is 0 Å². The van der Waals surface area contributed by atoms with Gasteiger partial charge >= 0.3 is 12.4 Å². The zero-order chi connectivity index (χ0) is 29.1. The second-order valence-corrected chi connectivity index (χ2v) is 10.2. The van der Waals surface area contributed by atoms with Crippen molar-refractivity contribution >= 4 is 29.0 Å². The lowest BCUT2D eigenvalue weighted by Crippen LogP contribution is -2.24. The lowest BCUT2D eigenvalue weighted by atomic mass is 9.95. The number of ether oxygens (including phenoxy) is 2. The highest BCUT2D eigenvalue weighted by molar-refractivity contribution is 6.42. The van der Waals surface area contributed by atoms with E-state index in [0.29, 0.717) is 35.2 Å². The average Bonchev–Trinajstić information content (AvgIpc) is 3.37. The first-order valence-corrected chi connectivity index (χ1v) is 13.1. The van der Waals surface area contributed by atoms with Gasteiger partial charge in [0.1, 0.15) is 0 Å². The minimum absolute atomic E-state index is 0.0282. The highest BCUT2D eigenvalue weighted by Gasteiger charge is 2.38. The van der Waals surface area contributed by atoms with Gasteiger partial charge in [-0.15, -0.1) is 0 Å². The van der Waals surface area contributed by atoms with Gasteiger partial charge in [-0.25, -0.2) is 4.98 Å². The van der Waals surface area contributed by atoms with E-state index < -0.39 is 34.8 Å². The SMILES string of the molecule is O=C(c1cc(C(F)(F)F)cc(C(F)(F)F)c1)c1nccn1CC(CCOC1CCCCO1)c1ccc(Cl)c(Cl)c1. The molecule has 2 heterocycles. The van der Waals surface area contributed by atoms with Crippen LogP contribution >= 0.6 is 23.2 Å². The number of benzene rings is 2. The molecule has 1 fully saturated rings. The molecular weight excluding hydrogens is 585 g/mol. The first-order valence-electron chi connectivity index (χ1n) is 12.4. The Morgan fingerprint density at radius 2 is 1.73 bits per heavy atom. The van der Waals surface area contributed by atoms with E-state index in [1.54, 1.807) is 18.2 Å². The van der Waals surface area contributed by atoms with E-state index >= 15 is 0 Å². The van der Waals surface area contributed by atoms with Gasteiger partial charge in [-0.3, -0.25) is 4.79 Å². The van der Waals surface area contributed by atoms with Crippen LogP contribution in [0.4, 0.5) is 26.3 Å².